The maximum absolute atomic E-state index is 13.2. The molecule has 0 bridgehead atoms. The van der Waals surface area contributed by atoms with Crippen molar-refractivity contribution in [2.24, 2.45) is 0 Å². The van der Waals surface area contributed by atoms with Crippen molar-refractivity contribution in [3.05, 3.63) is 53.3 Å². The average molecular weight is 441 g/mol. The standard InChI is InChI=1S/C19H18ClFN2O5S/c20-14-11-13(21)5-6-18(14)29(25,26)23-9-7-22(8-10-23)19(24)17-12-27-15-3-1-2-4-16(15)28-17/h1-6,11,17H,7-10,12H2. The second kappa shape index (κ2) is 7.81. The predicted molar refractivity (Wildman–Crippen MR) is 103 cm³/mol. The largest absolute Gasteiger partial charge is 0.485 e. The number of carbonyl (C=O) groups is 1. The Labute approximate surface area is 172 Å². The zero-order valence-electron chi connectivity index (χ0n) is 15.3. The first kappa shape index (κ1) is 19.9. The Morgan fingerprint density at radius 1 is 1.07 bits per heavy atom. The first-order valence-electron chi connectivity index (χ1n) is 8.99. The lowest BCUT2D eigenvalue weighted by Gasteiger charge is -2.36. The molecule has 0 N–H and O–H groups in total. The highest BCUT2D eigenvalue weighted by atomic mass is 35.5. The van der Waals surface area contributed by atoms with E-state index in [1.807, 2.05) is 6.07 Å². The summed E-state index contributed by atoms with van der Waals surface area (Å²) in [5, 5.41) is -0.171. The molecule has 1 fully saturated rings. The van der Waals surface area contributed by atoms with E-state index in [0.717, 1.165) is 18.2 Å². The first-order valence-corrected chi connectivity index (χ1v) is 10.8. The monoisotopic (exact) mass is 440 g/mol. The van der Waals surface area contributed by atoms with Crippen LogP contribution >= 0.6 is 11.6 Å². The number of fused-ring (bicyclic) bond motifs is 1. The van der Waals surface area contributed by atoms with Crippen LogP contribution in [-0.4, -0.2) is 62.4 Å². The van der Waals surface area contributed by atoms with Gasteiger partial charge in [0.25, 0.3) is 5.91 Å². The molecule has 0 spiro atoms. The smallest absolute Gasteiger partial charge is 0.267 e. The topological polar surface area (TPSA) is 76.2 Å². The molecular weight excluding hydrogens is 423 g/mol. The van der Waals surface area contributed by atoms with Crippen LogP contribution in [-0.2, 0) is 14.8 Å². The molecule has 0 aromatic heterocycles. The molecule has 2 aromatic rings. The maximum Gasteiger partial charge on any atom is 0.267 e. The Morgan fingerprint density at radius 2 is 1.76 bits per heavy atom. The fourth-order valence-electron chi connectivity index (χ4n) is 3.32. The molecule has 1 atom stereocenters. The van der Waals surface area contributed by atoms with Crippen molar-refractivity contribution in [3.8, 4) is 11.5 Å². The van der Waals surface area contributed by atoms with Crippen LogP contribution in [0.15, 0.2) is 47.4 Å². The van der Waals surface area contributed by atoms with E-state index < -0.39 is 21.9 Å². The first-order chi connectivity index (χ1) is 13.9. The van der Waals surface area contributed by atoms with E-state index in [0.29, 0.717) is 11.5 Å². The highest BCUT2D eigenvalue weighted by Gasteiger charge is 2.36. The summed E-state index contributed by atoms with van der Waals surface area (Å²) in [4.78, 5) is 14.2. The van der Waals surface area contributed by atoms with Crippen LogP contribution in [0.2, 0.25) is 5.02 Å². The molecule has 0 aliphatic carbocycles. The van der Waals surface area contributed by atoms with Crippen molar-refractivity contribution in [1.82, 2.24) is 9.21 Å². The Balaban J connectivity index is 1.41. The van der Waals surface area contributed by atoms with E-state index in [1.54, 1.807) is 23.1 Å². The van der Waals surface area contributed by atoms with Gasteiger partial charge in [0.05, 0.1) is 5.02 Å². The van der Waals surface area contributed by atoms with Crippen LogP contribution in [0.3, 0.4) is 0 Å². The Kier molecular flexibility index (Phi) is 5.37. The zero-order chi connectivity index (χ0) is 20.6. The molecule has 7 nitrogen and oxygen atoms in total. The van der Waals surface area contributed by atoms with Crippen LogP contribution in [0.25, 0.3) is 0 Å². The predicted octanol–water partition coefficient (Wildman–Crippen LogP) is 2.15. The number of ether oxygens (including phenoxy) is 2. The lowest BCUT2D eigenvalue weighted by Crippen LogP contribution is -2.55. The Morgan fingerprint density at radius 3 is 2.45 bits per heavy atom. The molecule has 0 radical (unpaired) electrons. The third-order valence-electron chi connectivity index (χ3n) is 4.85. The molecular formula is C19H18ClFN2O5S. The summed E-state index contributed by atoms with van der Waals surface area (Å²) in [5.41, 5.74) is 0. The van der Waals surface area contributed by atoms with Gasteiger partial charge in [-0.3, -0.25) is 4.79 Å². The number of hydrogen-bond acceptors (Lipinski definition) is 5. The molecule has 154 valence electrons. The van der Waals surface area contributed by atoms with Crippen LogP contribution in [0.1, 0.15) is 0 Å². The summed E-state index contributed by atoms with van der Waals surface area (Å²) in [6.07, 6.45) is -0.778. The molecule has 0 saturated carbocycles. The number of amides is 1. The van der Waals surface area contributed by atoms with Gasteiger partial charge in [0, 0.05) is 26.2 Å². The summed E-state index contributed by atoms with van der Waals surface area (Å²) in [6, 6.07) is 10.3. The summed E-state index contributed by atoms with van der Waals surface area (Å²) < 4.78 is 51.4. The molecule has 1 unspecified atom stereocenters. The quantitative estimate of drug-likeness (QED) is 0.731. The number of carbonyl (C=O) groups excluding carboxylic acids is 1. The second-order valence-corrected chi connectivity index (χ2v) is 8.98. The number of benzene rings is 2. The van der Waals surface area contributed by atoms with Gasteiger partial charge in [-0.2, -0.15) is 4.31 Å². The van der Waals surface area contributed by atoms with Crippen molar-refractivity contribution in [2.75, 3.05) is 32.8 Å². The van der Waals surface area contributed by atoms with Crippen LogP contribution in [0, 0.1) is 5.82 Å². The minimum atomic E-state index is -3.88. The zero-order valence-corrected chi connectivity index (χ0v) is 16.8. The van der Waals surface area contributed by atoms with Gasteiger partial charge in [0.1, 0.15) is 17.3 Å². The van der Waals surface area contributed by atoms with Gasteiger partial charge >= 0.3 is 0 Å². The summed E-state index contributed by atoms with van der Waals surface area (Å²) in [7, 11) is -3.88. The van der Waals surface area contributed by atoms with E-state index in [4.69, 9.17) is 21.1 Å². The molecule has 1 amide bonds. The van der Waals surface area contributed by atoms with E-state index in [1.165, 1.54) is 4.31 Å². The number of nitrogens with zero attached hydrogens (tertiary/aromatic N) is 2. The number of hydrogen-bond donors (Lipinski definition) is 0. The van der Waals surface area contributed by atoms with Crippen molar-refractivity contribution in [1.29, 1.82) is 0 Å². The highest BCUT2D eigenvalue weighted by Crippen LogP contribution is 2.31. The highest BCUT2D eigenvalue weighted by molar-refractivity contribution is 7.89. The molecule has 1 saturated heterocycles. The van der Waals surface area contributed by atoms with E-state index in [-0.39, 0.29) is 48.6 Å². The molecule has 2 aliphatic heterocycles. The maximum atomic E-state index is 13.2. The fourth-order valence-corrected chi connectivity index (χ4v) is 5.24. The normalized spacial score (nSPS) is 19.8. The van der Waals surface area contributed by atoms with Crippen molar-refractivity contribution < 1.29 is 27.1 Å². The lowest BCUT2D eigenvalue weighted by atomic mass is 10.2. The SMILES string of the molecule is O=C(C1COc2ccccc2O1)N1CCN(S(=O)(=O)c2ccc(F)cc2Cl)CC1. The van der Waals surface area contributed by atoms with E-state index >= 15 is 0 Å². The molecule has 2 heterocycles. The number of rotatable bonds is 3. The van der Waals surface area contributed by atoms with Crippen LogP contribution < -0.4 is 9.47 Å². The van der Waals surface area contributed by atoms with Crippen molar-refractivity contribution in [3.63, 3.8) is 0 Å². The van der Waals surface area contributed by atoms with Gasteiger partial charge in [-0.05, 0) is 30.3 Å². The number of piperazine rings is 1. The Hall–Kier alpha value is -2.36. The Bertz CT molecular complexity index is 1040. The third-order valence-corrected chi connectivity index (χ3v) is 7.23. The van der Waals surface area contributed by atoms with Gasteiger partial charge in [-0.15, -0.1) is 0 Å². The van der Waals surface area contributed by atoms with Crippen LogP contribution in [0.5, 0.6) is 11.5 Å². The van der Waals surface area contributed by atoms with Gasteiger partial charge < -0.3 is 14.4 Å². The third kappa shape index (κ3) is 3.90. The summed E-state index contributed by atoms with van der Waals surface area (Å²) >= 11 is 5.91. The average Bonchev–Trinajstić information content (AvgIpc) is 2.72. The lowest BCUT2D eigenvalue weighted by molar-refractivity contribution is -0.142. The minimum Gasteiger partial charge on any atom is -0.485 e. The molecule has 4 rings (SSSR count). The second-order valence-electron chi connectivity index (χ2n) is 6.67. The van der Waals surface area contributed by atoms with Gasteiger partial charge in [-0.25, -0.2) is 12.8 Å². The van der Waals surface area contributed by atoms with Gasteiger partial charge in [0.2, 0.25) is 16.1 Å². The molecule has 10 heteroatoms. The number of halogens is 2. The molecule has 2 aliphatic rings. The number of para-hydroxylation sites is 2. The molecule has 29 heavy (non-hydrogen) atoms. The van der Waals surface area contributed by atoms with E-state index in [2.05, 4.69) is 0 Å². The van der Waals surface area contributed by atoms with Gasteiger partial charge in [-0.1, -0.05) is 23.7 Å². The van der Waals surface area contributed by atoms with Gasteiger partial charge in [0.15, 0.2) is 11.5 Å². The summed E-state index contributed by atoms with van der Waals surface area (Å²) in [5.74, 6) is 0.227. The van der Waals surface area contributed by atoms with E-state index in [9.17, 15) is 17.6 Å². The minimum absolute atomic E-state index is 0.0968. The van der Waals surface area contributed by atoms with Crippen LogP contribution in [0.4, 0.5) is 4.39 Å². The van der Waals surface area contributed by atoms with Crippen molar-refractivity contribution >= 4 is 27.5 Å². The fraction of sp³-hybridized carbons (Fsp3) is 0.316. The molecule has 2 aromatic carbocycles. The van der Waals surface area contributed by atoms with Crippen molar-refractivity contribution in [2.45, 2.75) is 11.0 Å². The number of sulfonamides is 1. The summed E-state index contributed by atoms with van der Waals surface area (Å²) in [6.45, 7) is 0.716.